The molecule has 4 aliphatic carbocycles. The van der Waals surface area contributed by atoms with Gasteiger partial charge in [0, 0.05) is 121 Å². The Morgan fingerprint density at radius 2 is 0.659 bits per heavy atom. The third kappa shape index (κ3) is 18.3. The van der Waals surface area contributed by atoms with Gasteiger partial charge in [-0.2, -0.15) is 30.9 Å². The van der Waals surface area contributed by atoms with Crippen molar-refractivity contribution in [1.82, 2.24) is 64.0 Å². The molecule has 4 saturated carbocycles. The predicted octanol–water partition coefficient (Wildman–Crippen LogP) is 18.6. The molecule has 0 spiro atoms. The molecule has 20 rings (SSSR count). The highest BCUT2D eigenvalue weighted by Crippen LogP contribution is 2.47. The summed E-state index contributed by atoms with van der Waals surface area (Å²) >= 11 is 0. The maximum atomic E-state index is 12.4. The van der Waals surface area contributed by atoms with Crippen LogP contribution in [0, 0.1) is 29.2 Å². The quantitative estimate of drug-likeness (QED) is 0.0400. The standard InChI is InChI=1S/3C24H21N7O.C22H21N7O/c1-31-23-21(22(26)30-31)19(12-20(29-23)16-4-5-16)15-6-10-18(11-7-15)28-24(32)27-17-8-2-14(13-25)3-9-17;1-26-18-5-3-4-6-19(18)29-24(32)27-16-11-9-14(10-12-16)17-13-20(15-7-8-15)28-23-21(17)22(25)30-31(23)2;1-31-23-21(22(26)30-31)19(12-20(29-23)16-5-6-16)15-7-9-17(10-8-15)27-24(32)28-18-4-2-3-14(11-18)13-25;1-29-21-19(20(23)28-29)17(11-18(27-21)14-4-5-14)13-6-8-15(9-7-13)25-22(30)26-16-3-2-10-24-12-16/h2-3,6-12,16H,4-5H2,1H3,(H2,26,30)(H2,27,28,32);3-6,9-13,15H,7-8H2,2H3,(H2,25,30)(H2,27,29,32);2-4,7-12,16H,5-6H2,1H3,(H2,26,30)(H2,27,28,32);2-3,6-12,14H,4-5H2,1H3,(H2,23,28)(H2,25,26,30). The minimum Gasteiger partial charge on any atom is -0.382 e. The number of nitrogens with two attached hydrogens (primary N) is 4. The highest BCUT2D eigenvalue weighted by atomic mass is 16.2. The number of aromatic nitrogens is 13. The van der Waals surface area contributed by atoms with Gasteiger partial charge < -0.3 is 65.5 Å². The zero-order chi connectivity index (χ0) is 87.4. The van der Waals surface area contributed by atoms with E-state index in [4.69, 9.17) is 60.0 Å². The number of urea groups is 4. The number of carbonyl (C=O) groups excluding carboxylic acids is 4. The fraction of sp³-hybridized carbons (Fsp3) is 0.170. The molecule has 0 bridgehead atoms. The van der Waals surface area contributed by atoms with Crippen molar-refractivity contribution in [2.75, 3.05) is 65.5 Å². The molecule has 32 heteroatoms. The molecule has 32 nitrogen and oxygen atoms in total. The fourth-order valence-corrected chi connectivity index (χ4v) is 15.0. The number of aryl methyl sites for hydroxylation is 4. The number of rotatable bonds is 16. The number of nitriles is 2. The lowest BCUT2D eigenvalue weighted by atomic mass is 10.0. The van der Waals surface area contributed by atoms with Crippen LogP contribution < -0.4 is 65.5 Å². The number of pyridine rings is 5. The van der Waals surface area contributed by atoms with Gasteiger partial charge in [0.25, 0.3) is 0 Å². The zero-order valence-corrected chi connectivity index (χ0v) is 68.8. The molecule has 0 radical (unpaired) electrons. The van der Waals surface area contributed by atoms with E-state index in [1.807, 2.05) is 131 Å². The summed E-state index contributed by atoms with van der Waals surface area (Å²) in [6.45, 7) is 7.21. The van der Waals surface area contributed by atoms with Gasteiger partial charge in [0.05, 0.1) is 63.3 Å². The lowest BCUT2D eigenvalue weighted by Crippen LogP contribution is -2.19. The molecule has 8 amide bonds. The molecule has 624 valence electrons. The van der Waals surface area contributed by atoms with E-state index in [9.17, 15) is 19.2 Å². The molecule has 4 fully saturated rings. The normalized spacial score (nSPS) is 13.1. The lowest BCUT2D eigenvalue weighted by molar-refractivity contribution is 0.261. The summed E-state index contributed by atoms with van der Waals surface area (Å²) in [5, 5.41) is 60.9. The maximum absolute atomic E-state index is 12.4. The van der Waals surface area contributed by atoms with Gasteiger partial charge in [-0.1, -0.05) is 72.8 Å². The Hall–Kier alpha value is -17.1. The highest BCUT2D eigenvalue weighted by Gasteiger charge is 2.32. The van der Waals surface area contributed by atoms with E-state index < -0.39 is 6.03 Å². The number of hydrogen-bond acceptors (Lipinski definition) is 19. The maximum Gasteiger partial charge on any atom is 0.323 e. The smallest absolute Gasteiger partial charge is 0.323 e. The first-order valence-corrected chi connectivity index (χ1v) is 40.8. The Kier molecular flexibility index (Phi) is 22.5. The van der Waals surface area contributed by atoms with E-state index >= 15 is 0 Å². The van der Waals surface area contributed by atoms with Gasteiger partial charge in [-0.25, -0.2) is 62.7 Å². The predicted molar refractivity (Wildman–Crippen MR) is 491 cm³/mol. The average Bonchev–Trinajstić information content (AvgIpc) is 1.62. The van der Waals surface area contributed by atoms with Crippen molar-refractivity contribution >= 4 is 143 Å². The largest absolute Gasteiger partial charge is 0.382 e. The molecule has 4 aliphatic rings. The summed E-state index contributed by atoms with van der Waals surface area (Å²) in [7, 11) is 7.42. The molecular weight excluding hydrogens is 1590 g/mol. The first kappa shape index (κ1) is 81.3. The van der Waals surface area contributed by atoms with Crippen LogP contribution >= 0.6 is 0 Å². The van der Waals surface area contributed by atoms with Gasteiger partial charge in [0.2, 0.25) is 5.69 Å². The number of nitrogens with one attached hydrogen (secondary N) is 8. The number of fused-ring (bicyclic) bond motifs is 4. The van der Waals surface area contributed by atoms with E-state index in [0.717, 1.165) is 150 Å². The third-order valence-corrected chi connectivity index (χ3v) is 21.9. The van der Waals surface area contributed by atoms with Gasteiger partial charge in [-0.15, -0.1) is 0 Å². The van der Waals surface area contributed by atoms with Crippen LogP contribution in [-0.4, -0.2) is 88.2 Å². The summed E-state index contributed by atoms with van der Waals surface area (Å²) in [5.74, 6) is 3.84. The van der Waals surface area contributed by atoms with Gasteiger partial charge in [0.15, 0.2) is 45.9 Å². The van der Waals surface area contributed by atoms with E-state index in [1.165, 1.54) is 12.8 Å². The van der Waals surface area contributed by atoms with Crippen LogP contribution in [0.15, 0.2) is 219 Å². The summed E-state index contributed by atoms with van der Waals surface area (Å²) in [6, 6.07) is 65.4. The second-order valence-electron chi connectivity index (χ2n) is 31.2. The van der Waals surface area contributed by atoms with Crippen molar-refractivity contribution in [3.8, 4) is 56.6 Å². The second-order valence-corrected chi connectivity index (χ2v) is 31.2. The van der Waals surface area contributed by atoms with Crippen LogP contribution in [0.2, 0.25) is 0 Å². The van der Waals surface area contributed by atoms with Crippen LogP contribution in [0.3, 0.4) is 0 Å². The Bertz CT molecular complexity index is 7030. The third-order valence-electron chi connectivity index (χ3n) is 21.9. The number of carbonyl (C=O) groups is 4. The van der Waals surface area contributed by atoms with Crippen molar-refractivity contribution in [3.05, 3.63) is 264 Å². The monoisotopic (exact) mass is 1670 g/mol. The molecule has 9 heterocycles. The van der Waals surface area contributed by atoms with Crippen LogP contribution in [0.25, 0.3) is 93.5 Å². The zero-order valence-electron chi connectivity index (χ0n) is 68.8. The first-order chi connectivity index (χ1) is 61.1. The Morgan fingerprint density at radius 3 is 0.968 bits per heavy atom. The number of para-hydroxylation sites is 2. The molecule has 126 heavy (non-hydrogen) atoms. The molecule has 0 unspecified atom stereocenters. The number of nitrogen functional groups attached to an aromatic ring is 4. The molecule has 0 aliphatic heterocycles. The second kappa shape index (κ2) is 34.9. The fourth-order valence-electron chi connectivity index (χ4n) is 15.0. The van der Waals surface area contributed by atoms with E-state index in [2.05, 4.69) is 103 Å². The number of nitrogens with zero attached hydrogens (tertiary/aromatic N) is 16. The summed E-state index contributed by atoms with van der Waals surface area (Å²) < 4.78 is 6.91. The van der Waals surface area contributed by atoms with Gasteiger partial charge >= 0.3 is 24.1 Å². The number of anilines is 12. The van der Waals surface area contributed by atoms with Crippen molar-refractivity contribution in [1.29, 1.82) is 10.5 Å². The minimum absolute atomic E-state index is 0.324. The van der Waals surface area contributed by atoms with Crippen molar-refractivity contribution in [2.24, 2.45) is 28.2 Å². The average molecular weight is 1670 g/mol. The summed E-state index contributed by atoms with van der Waals surface area (Å²) in [5.41, 5.74) is 46.4. The van der Waals surface area contributed by atoms with E-state index in [0.29, 0.717) is 109 Å². The SMILES string of the molecule is Cn1nc(N)c2c(-c3ccc(NC(=O)Nc4ccc(C#N)cc4)cc3)cc(C3CC3)nc21.Cn1nc(N)c2c(-c3ccc(NC(=O)Nc4cccc(C#N)c4)cc3)cc(C3CC3)nc21.Cn1nc(N)c2c(-c3ccc(NC(=O)Nc4cccnc4)cc3)cc(C3CC3)nc21.[C-]#[N+]c1ccccc1NC(=O)Nc1ccc(-c2cc(C3CC3)nc3c2c(N)nn3C)cc1. The van der Waals surface area contributed by atoms with E-state index in [-0.39, 0.29) is 18.1 Å². The topological polar surface area (TPSA) is 456 Å². The Morgan fingerprint density at radius 1 is 0.357 bits per heavy atom. The molecule has 16 N–H and O–H groups in total. The molecule has 16 aromatic rings. The van der Waals surface area contributed by atoms with Gasteiger partial charge in [-0.05, 0) is 229 Å². The van der Waals surface area contributed by atoms with Crippen LogP contribution in [0.1, 0.15) is 109 Å². The Labute approximate surface area is 721 Å². The number of benzene rings is 7. The molecule has 7 aromatic carbocycles. The summed E-state index contributed by atoms with van der Waals surface area (Å²) in [4.78, 5) is 75.8. The van der Waals surface area contributed by atoms with E-state index in [1.54, 1.807) is 116 Å². The molecule has 0 saturated heterocycles. The molecule has 9 aromatic heterocycles. The van der Waals surface area contributed by atoms with Crippen molar-refractivity contribution < 1.29 is 19.2 Å². The van der Waals surface area contributed by atoms with Crippen molar-refractivity contribution in [2.45, 2.75) is 75.0 Å². The van der Waals surface area contributed by atoms with Crippen LogP contribution in [-0.2, 0) is 28.2 Å². The number of hydrogen-bond donors (Lipinski definition) is 12. The molecule has 0 atom stereocenters. The summed E-state index contributed by atoms with van der Waals surface area (Å²) in [6.07, 6.45) is 12.5. The minimum atomic E-state index is -0.410. The lowest BCUT2D eigenvalue weighted by Gasteiger charge is -2.11. The van der Waals surface area contributed by atoms with Crippen LogP contribution in [0.4, 0.5) is 93.6 Å². The Balaban J connectivity index is 0.000000119. The first-order valence-electron chi connectivity index (χ1n) is 40.8. The number of amides is 8. The van der Waals surface area contributed by atoms with Gasteiger partial charge in [-0.3, -0.25) is 4.98 Å². The molecular formula is C94H84N28O4. The van der Waals surface area contributed by atoms with Gasteiger partial charge in [0.1, 0.15) is 0 Å². The van der Waals surface area contributed by atoms with Crippen molar-refractivity contribution in [3.63, 3.8) is 0 Å². The highest BCUT2D eigenvalue weighted by molar-refractivity contribution is 6.07. The van der Waals surface area contributed by atoms with Crippen LogP contribution in [0.5, 0.6) is 0 Å².